The number of carbonyl (C=O) groups is 1. The molecular weight excluding hydrogens is 302 g/mol. The molecule has 0 aliphatic rings. The van der Waals surface area contributed by atoms with Crippen LogP contribution in [0.4, 0.5) is 10.8 Å². The van der Waals surface area contributed by atoms with Crippen molar-refractivity contribution in [3.63, 3.8) is 0 Å². The van der Waals surface area contributed by atoms with Gasteiger partial charge < -0.3 is 14.6 Å². The van der Waals surface area contributed by atoms with Crippen LogP contribution in [0.1, 0.15) is 17.4 Å². The molecule has 112 valence electrons. The van der Waals surface area contributed by atoms with Crippen molar-refractivity contribution in [3.05, 3.63) is 47.5 Å². The van der Waals surface area contributed by atoms with Crippen molar-refractivity contribution in [2.75, 3.05) is 11.9 Å². The number of hydrogen-bond acceptors (Lipinski definition) is 7. The number of hydrogen-bond donors (Lipinski definition) is 1. The van der Waals surface area contributed by atoms with Gasteiger partial charge in [-0.25, -0.2) is 9.78 Å². The smallest absolute Gasteiger partial charge is 0.360 e. The van der Waals surface area contributed by atoms with Crippen LogP contribution in [-0.4, -0.2) is 22.7 Å². The third-order valence-electron chi connectivity index (χ3n) is 2.78. The van der Waals surface area contributed by atoms with E-state index in [1.165, 1.54) is 17.4 Å². The molecule has 0 spiro atoms. The number of aromatic nitrogens is 2. The summed E-state index contributed by atoms with van der Waals surface area (Å²) in [6.45, 7) is 2.03. The first kappa shape index (κ1) is 14.3. The van der Waals surface area contributed by atoms with Crippen LogP contribution in [0, 0.1) is 0 Å². The Morgan fingerprint density at radius 1 is 1.36 bits per heavy atom. The molecule has 6 nitrogen and oxygen atoms in total. The standard InChI is InChI=1S/C15H13N3O3S/c1-2-20-14(19)11-8-13(21-18-11)12-9-22-15(17-12)16-10-6-4-3-5-7-10/h3-9H,2H2,1H3,(H,16,17). The molecule has 3 aromatic rings. The molecule has 2 heterocycles. The zero-order valence-corrected chi connectivity index (χ0v) is 12.6. The molecule has 0 amide bonds. The summed E-state index contributed by atoms with van der Waals surface area (Å²) in [7, 11) is 0. The molecule has 0 radical (unpaired) electrons. The molecule has 0 saturated carbocycles. The summed E-state index contributed by atoms with van der Waals surface area (Å²) in [6.07, 6.45) is 0. The Morgan fingerprint density at radius 2 is 2.18 bits per heavy atom. The van der Waals surface area contributed by atoms with Gasteiger partial charge in [-0.1, -0.05) is 23.4 Å². The lowest BCUT2D eigenvalue weighted by atomic mass is 10.3. The summed E-state index contributed by atoms with van der Waals surface area (Å²) >= 11 is 1.44. The van der Waals surface area contributed by atoms with Gasteiger partial charge in [0.2, 0.25) is 0 Å². The Hall–Kier alpha value is -2.67. The lowest BCUT2D eigenvalue weighted by Gasteiger charge is -2.00. The first-order chi connectivity index (χ1) is 10.8. The summed E-state index contributed by atoms with van der Waals surface area (Å²) in [5.41, 5.74) is 1.71. The fourth-order valence-electron chi connectivity index (χ4n) is 1.79. The Labute approximate surface area is 130 Å². The molecule has 0 bridgehead atoms. The van der Waals surface area contributed by atoms with Crippen LogP contribution in [-0.2, 0) is 4.74 Å². The fourth-order valence-corrected chi connectivity index (χ4v) is 2.51. The molecule has 2 aromatic heterocycles. The third kappa shape index (κ3) is 3.15. The van der Waals surface area contributed by atoms with Gasteiger partial charge in [-0.3, -0.25) is 0 Å². The van der Waals surface area contributed by atoms with Gasteiger partial charge in [-0.15, -0.1) is 11.3 Å². The van der Waals surface area contributed by atoms with Crippen molar-refractivity contribution in [2.24, 2.45) is 0 Å². The first-order valence-corrected chi connectivity index (χ1v) is 7.56. The van der Waals surface area contributed by atoms with E-state index in [2.05, 4.69) is 15.5 Å². The lowest BCUT2D eigenvalue weighted by molar-refractivity contribution is 0.0514. The van der Waals surface area contributed by atoms with Crippen LogP contribution in [0.2, 0.25) is 0 Å². The summed E-state index contributed by atoms with van der Waals surface area (Å²) in [4.78, 5) is 16.0. The van der Waals surface area contributed by atoms with Crippen LogP contribution in [0.25, 0.3) is 11.5 Å². The molecule has 0 aliphatic carbocycles. The van der Waals surface area contributed by atoms with Crippen LogP contribution < -0.4 is 5.32 Å². The highest BCUT2D eigenvalue weighted by Gasteiger charge is 2.16. The van der Waals surface area contributed by atoms with Crippen molar-refractivity contribution < 1.29 is 14.1 Å². The second-order valence-electron chi connectivity index (χ2n) is 4.33. The first-order valence-electron chi connectivity index (χ1n) is 6.68. The van der Waals surface area contributed by atoms with Crippen molar-refractivity contribution in [1.82, 2.24) is 10.1 Å². The second-order valence-corrected chi connectivity index (χ2v) is 5.18. The maximum absolute atomic E-state index is 11.6. The van der Waals surface area contributed by atoms with E-state index in [9.17, 15) is 4.79 Å². The SMILES string of the molecule is CCOC(=O)c1cc(-c2csc(Nc3ccccc3)n2)on1. The number of ether oxygens (including phenoxy) is 1. The largest absolute Gasteiger partial charge is 0.461 e. The summed E-state index contributed by atoms with van der Waals surface area (Å²) in [5, 5.41) is 9.46. The number of nitrogens with zero attached hydrogens (tertiary/aromatic N) is 2. The van der Waals surface area contributed by atoms with E-state index in [0.29, 0.717) is 18.1 Å². The Bertz CT molecular complexity index is 767. The van der Waals surface area contributed by atoms with Gasteiger partial charge in [0.15, 0.2) is 16.6 Å². The minimum Gasteiger partial charge on any atom is -0.461 e. The topological polar surface area (TPSA) is 77.2 Å². The van der Waals surface area contributed by atoms with Crippen molar-refractivity contribution in [2.45, 2.75) is 6.92 Å². The molecule has 0 atom stereocenters. The van der Waals surface area contributed by atoms with Gasteiger partial charge in [0.1, 0.15) is 5.69 Å². The van der Waals surface area contributed by atoms with E-state index in [1.807, 2.05) is 35.7 Å². The van der Waals surface area contributed by atoms with Crippen LogP contribution in [0.15, 0.2) is 46.3 Å². The minimum atomic E-state index is -0.504. The maximum Gasteiger partial charge on any atom is 0.360 e. The number of thiazole rings is 1. The second kappa shape index (κ2) is 6.40. The highest BCUT2D eigenvalue weighted by Crippen LogP contribution is 2.27. The van der Waals surface area contributed by atoms with E-state index in [4.69, 9.17) is 9.26 Å². The van der Waals surface area contributed by atoms with E-state index in [-0.39, 0.29) is 5.69 Å². The molecule has 0 aliphatic heterocycles. The van der Waals surface area contributed by atoms with Crippen molar-refractivity contribution in [3.8, 4) is 11.5 Å². The quantitative estimate of drug-likeness (QED) is 0.723. The highest BCUT2D eigenvalue weighted by atomic mass is 32.1. The summed E-state index contributed by atoms with van der Waals surface area (Å²) in [6, 6.07) is 11.3. The highest BCUT2D eigenvalue weighted by molar-refractivity contribution is 7.14. The van der Waals surface area contributed by atoms with Crippen molar-refractivity contribution in [1.29, 1.82) is 0 Å². The minimum absolute atomic E-state index is 0.141. The lowest BCUT2D eigenvalue weighted by Crippen LogP contribution is -2.04. The van der Waals surface area contributed by atoms with Crippen LogP contribution in [0.5, 0.6) is 0 Å². The average molecular weight is 315 g/mol. The molecule has 22 heavy (non-hydrogen) atoms. The number of esters is 1. The number of benzene rings is 1. The molecule has 1 N–H and O–H groups in total. The van der Waals surface area contributed by atoms with E-state index < -0.39 is 5.97 Å². The maximum atomic E-state index is 11.6. The van der Waals surface area contributed by atoms with Gasteiger partial charge >= 0.3 is 5.97 Å². The fraction of sp³-hybridized carbons (Fsp3) is 0.133. The number of anilines is 2. The van der Waals surface area contributed by atoms with E-state index >= 15 is 0 Å². The molecule has 3 rings (SSSR count). The van der Waals surface area contributed by atoms with E-state index in [1.54, 1.807) is 6.92 Å². The predicted molar refractivity (Wildman–Crippen MR) is 83.3 cm³/mol. The van der Waals surface area contributed by atoms with Crippen LogP contribution >= 0.6 is 11.3 Å². The van der Waals surface area contributed by atoms with Gasteiger partial charge in [-0.2, -0.15) is 0 Å². The number of carbonyl (C=O) groups excluding carboxylic acids is 1. The van der Waals surface area contributed by atoms with Gasteiger partial charge in [0, 0.05) is 17.1 Å². The number of rotatable bonds is 5. The Kier molecular flexibility index (Phi) is 4.15. The van der Waals surface area contributed by atoms with E-state index in [0.717, 1.165) is 10.8 Å². The zero-order valence-electron chi connectivity index (χ0n) is 11.8. The monoisotopic (exact) mass is 315 g/mol. The third-order valence-corrected chi connectivity index (χ3v) is 3.53. The average Bonchev–Trinajstić information content (AvgIpc) is 3.17. The molecule has 1 aromatic carbocycles. The molecule has 0 unspecified atom stereocenters. The van der Waals surface area contributed by atoms with Crippen LogP contribution in [0.3, 0.4) is 0 Å². The molecule has 0 fully saturated rings. The Balaban J connectivity index is 1.75. The van der Waals surface area contributed by atoms with Gasteiger partial charge in [0.05, 0.1) is 6.61 Å². The Morgan fingerprint density at radius 3 is 2.95 bits per heavy atom. The normalized spacial score (nSPS) is 10.4. The molecule has 7 heteroatoms. The van der Waals surface area contributed by atoms with Crippen molar-refractivity contribution >= 4 is 28.1 Å². The summed E-state index contributed by atoms with van der Waals surface area (Å²) < 4.78 is 10.0. The van der Waals surface area contributed by atoms with Gasteiger partial charge in [-0.05, 0) is 19.1 Å². The predicted octanol–water partition coefficient (Wildman–Crippen LogP) is 3.72. The van der Waals surface area contributed by atoms with Gasteiger partial charge in [0.25, 0.3) is 0 Å². The number of para-hydroxylation sites is 1. The molecule has 0 saturated heterocycles. The summed E-state index contributed by atoms with van der Waals surface area (Å²) in [5.74, 6) is -0.0734. The molecular formula is C15H13N3O3S. The number of nitrogens with one attached hydrogen (secondary N) is 1. The zero-order chi connectivity index (χ0) is 15.4.